The van der Waals surface area contributed by atoms with Gasteiger partial charge < -0.3 is 18.9 Å². The highest BCUT2D eigenvalue weighted by Gasteiger charge is 2.74. The molecule has 0 aromatic carbocycles. The molecule has 0 amide bonds. The molecule has 0 aromatic rings. The van der Waals surface area contributed by atoms with Crippen molar-refractivity contribution in [3.8, 4) is 0 Å². The molecule has 0 radical (unpaired) electrons. The summed E-state index contributed by atoms with van der Waals surface area (Å²) in [5.41, 5.74) is -1.85. The lowest BCUT2D eigenvalue weighted by Crippen LogP contribution is -2.62. The zero-order valence-electron chi connectivity index (χ0n) is 15.8. The molecule has 0 bridgehead atoms. The number of cyclic esters (lactones) is 1. The lowest BCUT2D eigenvalue weighted by atomic mass is 9.46. The van der Waals surface area contributed by atoms with Crippen molar-refractivity contribution < 1.29 is 28.5 Å². The first-order valence-corrected chi connectivity index (χ1v) is 9.94. The number of carbonyl (C=O) groups excluding carboxylic acids is 2. The van der Waals surface area contributed by atoms with Crippen LogP contribution in [0, 0.1) is 16.7 Å². The summed E-state index contributed by atoms with van der Waals surface area (Å²) >= 11 is 0. The van der Waals surface area contributed by atoms with Gasteiger partial charge in [0, 0.05) is 18.4 Å². The predicted molar refractivity (Wildman–Crippen MR) is 90.0 cm³/mol. The number of methoxy groups -OCH3 is 1. The summed E-state index contributed by atoms with van der Waals surface area (Å²) in [6.07, 6.45) is 5.99. The van der Waals surface area contributed by atoms with E-state index in [-0.39, 0.29) is 35.0 Å². The third kappa shape index (κ3) is 1.80. The van der Waals surface area contributed by atoms with Crippen molar-refractivity contribution in [2.45, 2.75) is 88.8 Å². The Morgan fingerprint density at radius 2 is 1.81 bits per heavy atom. The highest BCUT2D eigenvalue weighted by Crippen LogP contribution is 2.69. The van der Waals surface area contributed by atoms with E-state index in [2.05, 4.69) is 13.8 Å². The van der Waals surface area contributed by atoms with Crippen molar-refractivity contribution >= 4 is 11.9 Å². The minimum atomic E-state index is -0.881. The number of rotatable bonds is 1. The fourth-order valence-corrected chi connectivity index (χ4v) is 7.12. The maximum Gasteiger partial charge on any atom is 0.340 e. The van der Waals surface area contributed by atoms with Gasteiger partial charge in [-0.25, -0.2) is 4.79 Å². The van der Waals surface area contributed by atoms with Gasteiger partial charge in [0.25, 0.3) is 0 Å². The van der Waals surface area contributed by atoms with E-state index in [1.165, 1.54) is 0 Å². The molecule has 3 aliphatic heterocycles. The second kappa shape index (κ2) is 5.02. The van der Waals surface area contributed by atoms with Crippen LogP contribution in [-0.4, -0.2) is 42.6 Å². The maximum absolute atomic E-state index is 12.6. The van der Waals surface area contributed by atoms with Crippen LogP contribution in [0.1, 0.15) is 65.2 Å². The van der Waals surface area contributed by atoms with Crippen molar-refractivity contribution in [1.82, 2.24) is 0 Å². The Morgan fingerprint density at radius 3 is 2.54 bits per heavy atom. The van der Waals surface area contributed by atoms with Gasteiger partial charge in [0.2, 0.25) is 6.29 Å². The lowest BCUT2D eigenvalue weighted by molar-refractivity contribution is -0.227. The summed E-state index contributed by atoms with van der Waals surface area (Å²) < 4.78 is 23.2. The molecule has 5 fully saturated rings. The van der Waals surface area contributed by atoms with Crippen LogP contribution in [0.4, 0.5) is 0 Å². The van der Waals surface area contributed by atoms with Gasteiger partial charge in [-0.05, 0) is 45.4 Å². The number of carbonyl (C=O) groups is 2. The van der Waals surface area contributed by atoms with Crippen LogP contribution in [-0.2, 0) is 28.5 Å². The average molecular weight is 364 g/mol. The van der Waals surface area contributed by atoms with Crippen LogP contribution in [0.15, 0.2) is 0 Å². The standard InChI is InChI=1S/C20H28O6/c1-17-6-4-7-18(2)14(17)12(24-15(17)21)5-8-20(18)10-9-19(26-20)11-13(23-3)25-16(19)22/h12-14H,4-11H2,1-3H3/t12-,13+,14+,17+,18+,19-,20+/m1/s1. The van der Waals surface area contributed by atoms with Crippen LogP contribution in [0.25, 0.3) is 0 Å². The largest absolute Gasteiger partial charge is 0.462 e. The van der Waals surface area contributed by atoms with Gasteiger partial charge in [-0.15, -0.1) is 0 Å². The fraction of sp³-hybridized carbons (Fsp3) is 0.900. The molecule has 7 atom stereocenters. The Bertz CT molecular complexity index is 677. The van der Waals surface area contributed by atoms with Crippen molar-refractivity contribution in [1.29, 1.82) is 0 Å². The van der Waals surface area contributed by atoms with E-state index in [9.17, 15) is 9.59 Å². The van der Waals surface area contributed by atoms with Gasteiger partial charge in [0.1, 0.15) is 6.10 Å². The third-order valence-corrected chi connectivity index (χ3v) is 8.43. The molecule has 5 rings (SSSR count). The molecule has 2 saturated carbocycles. The molecule has 0 N–H and O–H groups in total. The first-order valence-electron chi connectivity index (χ1n) is 9.94. The molecular formula is C20H28O6. The Balaban J connectivity index is 1.53. The van der Waals surface area contributed by atoms with E-state index in [1.54, 1.807) is 7.11 Å². The van der Waals surface area contributed by atoms with E-state index >= 15 is 0 Å². The molecule has 144 valence electrons. The molecule has 0 unspecified atom stereocenters. The monoisotopic (exact) mass is 364 g/mol. The van der Waals surface area contributed by atoms with Crippen LogP contribution < -0.4 is 0 Å². The average Bonchev–Trinajstić information content (AvgIpc) is 3.21. The summed E-state index contributed by atoms with van der Waals surface area (Å²) in [5.74, 6) is -0.164. The highest BCUT2D eigenvalue weighted by molar-refractivity contribution is 5.82. The van der Waals surface area contributed by atoms with E-state index < -0.39 is 17.3 Å². The normalized spacial score (nSPS) is 55.3. The molecule has 26 heavy (non-hydrogen) atoms. The van der Waals surface area contributed by atoms with Gasteiger partial charge in [-0.2, -0.15) is 0 Å². The molecule has 3 heterocycles. The Labute approximate surface area is 153 Å². The van der Waals surface area contributed by atoms with E-state index in [0.717, 1.165) is 38.5 Å². The Morgan fingerprint density at radius 1 is 1.00 bits per heavy atom. The summed E-state index contributed by atoms with van der Waals surface area (Å²) in [4.78, 5) is 25.3. The first kappa shape index (κ1) is 17.0. The number of esters is 2. The van der Waals surface area contributed by atoms with E-state index in [1.807, 2.05) is 0 Å². The van der Waals surface area contributed by atoms with Crippen molar-refractivity contribution in [3.63, 3.8) is 0 Å². The zero-order chi connectivity index (χ0) is 18.4. The van der Waals surface area contributed by atoms with E-state index in [4.69, 9.17) is 18.9 Å². The quantitative estimate of drug-likeness (QED) is 0.666. The summed E-state index contributed by atoms with van der Waals surface area (Å²) in [6, 6.07) is 0. The number of hydrogen-bond acceptors (Lipinski definition) is 6. The number of fused-ring (bicyclic) bond motifs is 1. The predicted octanol–water partition coefficient (Wildman–Crippen LogP) is 2.73. The zero-order valence-corrected chi connectivity index (χ0v) is 15.8. The topological polar surface area (TPSA) is 71.1 Å². The fourth-order valence-electron chi connectivity index (χ4n) is 7.12. The van der Waals surface area contributed by atoms with Gasteiger partial charge >= 0.3 is 11.9 Å². The number of ether oxygens (including phenoxy) is 4. The minimum Gasteiger partial charge on any atom is -0.462 e. The second-order valence-corrected chi connectivity index (χ2v) is 9.51. The van der Waals surface area contributed by atoms with Crippen molar-refractivity contribution in [3.05, 3.63) is 0 Å². The molecule has 5 aliphatic rings. The van der Waals surface area contributed by atoms with Crippen molar-refractivity contribution in [2.75, 3.05) is 7.11 Å². The van der Waals surface area contributed by atoms with Gasteiger partial charge in [-0.3, -0.25) is 4.79 Å². The molecule has 2 aliphatic carbocycles. The summed E-state index contributed by atoms with van der Waals surface area (Å²) in [5, 5.41) is 0. The first-order chi connectivity index (χ1) is 12.3. The smallest absolute Gasteiger partial charge is 0.340 e. The van der Waals surface area contributed by atoms with Crippen LogP contribution in [0.5, 0.6) is 0 Å². The third-order valence-electron chi connectivity index (χ3n) is 8.43. The molecule has 6 nitrogen and oxygen atoms in total. The van der Waals surface area contributed by atoms with Crippen LogP contribution in [0.3, 0.4) is 0 Å². The van der Waals surface area contributed by atoms with Crippen molar-refractivity contribution in [2.24, 2.45) is 16.7 Å². The maximum atomic E-state index is 12.6. The van der Waals surface area contributed by atoms with E-state index in [0.29, 0.717) is 12.8 Å². The summed E-state index contributed by atoms with van der Waals surface area (Å²) in [7, 11) is 1.56. The minimum absolute atomic E-state index is 0.00849. The molecule has 0 aromatic heterocycles. The van der Waals surface area contributed by atoms with Gasteiger partial charge in [0.15, 0.2) is 5.60 Å². The molecular weight excluding hydrogens is 336 g/mol. The second-order valence-electron chi connectivity index (χ2n) is 9.51. The molecule has 6 heteroatoms. The lowest BCUT2D eigenvalue weighted by Gasteiger charge is -2.59. The highest BCUT2D eigenvalue weighted by atomic mass is 16.7. The SMILES string of the molecule is CO[C@@H]1C[C@]2(CC[C@]3(CC[C@H]4OC(=O)[C@@]5(C)CCC[C@@]3(C)[C@@H]45)O2)C(=O)O1. The van der Waals surface area contributed by atoms with Gasteiger partial charge in [0.05, 0.1) is 17.4 Å². The Hall–Kier alpha value is -1.14. The molecule has 3 saturated heterocycles. The number of hydrogen-bond donors (Lipinski definition) is 0. The Kier molecular flexibility index (Phi) is 3.28. The van der Waals surface area contributed by atoms with Crippen LogP contribution >= 0.6 is 0 Å². The molecule has 2 spiro atoms. The van der Waals surface area contributed by atoms with Gasteiger partial charge in [-0.1, -0.05) is 13.3 Å². The van der Waals surface area contributed by atoms with Crippen LogP contribution in [0.2, 0.25) is 0 Å². The summed E-state index contributed by atoms with van der Waals surface area (Å²) in [6.45, 7) is 4.35.